The lowest BCUT2D eigenvalue weighted by molar-refractivity contribution is -0.119. The molecule has 1 unspecified atom stereocenters. The van der Waals surface area contributed by atoms with Crippen LogP contribution in [0.3, 0.4) is 0 Å². The minimum atomic E-state index is 0.0917. The third kappa shape index (κ3) is 2.13. The number of carbonyl (C=O) groups is 1. The number of fused-ring (bicyclic) bond motifs is 1. The number of aromatic amines is 1. The number of amides is 1. The first-order chi connectivity index (χ1) is 9.17. The monoisotopic (exact) mass is 272 g/mol. The van der Waals surface area contributed by atoms with Crippen molar-refractivity contribution in [2.24, 2.45) is 0 Å². The van der Waals surface area contributed by atoms with E-state index in [9.17, 15) is 4.79 Å². The number of aromatic nitrogens is 2. The number of H-pyrrole nitrogens is 1. The zero-order chi connectivity index (χ0) is 13.4. The molecular weight excluding hydrogens is 260 g/mol. The highest BCUT2D eigenvalue weighted by atomic mass is 32.1. The van der Waals surface area contributed by atoms with Crippen molar-refractivity contribution >= 4 is 29.2 Å². The number of benzene rings is 1. The summed E-state index contributed by atoms with van der Waals surface area (Å²) < 4.78 is 2.56. The van der Waals surface area contributed by atoms with E-state index in [1.54, 1.807) is 6.07 Å². The van der Waals surface area contributed by atoms with Gasteiger partial charge in [0, 0.05) is 19.0 Å². The van der Waals surface area contributed by atoms with Crippen LogP contribution in [0.1, 0.15) is 18.4 Å². The van der Waals surface area contributed by atoms with Gasteiger partial charge in [0.15, 0.2) is 4.77 Å². The first kappa shape index (κ1) is 11.9. The van der Waals surface area contributed by atoms with Crippen LogP contribution >= 0.6 is 12.2 Å². The highest BCUT2D eigenvalue weighted by Crippen LogP contribution is 2.18. The summed E-state index contributed by atoms with van der Waals surface area (Å²) in [5.74, 6) is 0.0917. The van der Waals surface area contributed by atoms with E-state index in [-0.39, 0.29) is 11.9 Å². The van der Waals surface area contributed by atoms with Crippen molar-refractivity contribution in [2.75, 3.05) is 0 Å². The fourth-order valence-electron chi connectivity index (χ4n) is 2.44. The van der Waals surface area contributed by atoms with E-state index < -0.39 is 0 Å². The predicted molar refractivity (Wildman–Crippen MR) is 73.0 cm³/mol. The molecule has 1 aliphatic rings. The number of nitrogens with zero attached hydrogens (tertiary/aromatic N) is 2. The Labute approximate surface area is 114 Å². The fraction of sp³-hybridized carbons (Fsp3) is 0.308. The zero-order valence-corrected chi connectivity index (χ0v) is 11.0. The van der Waals surface area contributed by atoms with Crippen molar-refractivity contribution < 1.29 is 4.79 Å². The van der Waals surface area contributed by atoms with Gasteiger partial charge in [-0.05, 0) is 36.8 Å². The maximum absolute atomic E-state index is 11.2. The second kappa shape index (κ2) is 4.52. The molecule has 1 aromatic carbocycles. The number of hydrogen-bond donors (Lipinski definition) is 2. The quantitative estimate of drug-likeness (QED) is 0.819. The van der Waals surface area contributed by atoms with Crippen LogP contribution in [0.4, 0.5) is 0 Å². The van der Waals surface area contributed by atoms with Crippen LogP contribution in [0, 0.1) is 16.1 Å². The number of rotatable bonds is 2. The Morgan fingerprint density at radius 1 is 1.53 bits per heavy atom. The first-order valence-electron chi connectivity index (χ1n) is 6.09. The molecule has 1 amide bonds. The van der Waals surface area contributed by atoms with Gasteiger partial charge in [-0.1, -0.05) is 0 Å². The Morgan fingerprint density at radius 3 is 3.05 bits per heavy atom. The lowest BCUT2D eigenvalue weighted by Gasteiger charge is -2.11. The van der Waals surface area contributed by atoms with Crippen LogP contribution in [0.2, 0.25) is 0 Å². The van der Waals surface area contributed by atoms with Gasteiger partial charge in [-0.15, -0.1) is 0 Å². The maximum Gasteiger partial charge on any atom is 0.220 e. The smallest absolute Gasteiger partial charge is 0.220 e. The van der Waals surface area contributed by atoms with Crippen molar-refractivity contribution in [1.82, 2.24) is 14.9 Å². The van der Waals surface area contributed by atoms with Crippen LogP contribution in [-0.2, 0) is 11.3 Å². The predicted octanol–water partition coefficient (Wildman–Crippen LogP) is 1.85. The molecule has 6 heteroatoms. The molecule has 0 bridgehead atoms. The van der Waals surface area contributed by atoms with E-state index in [4.69, 9.17) is 17.5 Å². The standard InChI is InChI=1S/C13H12N4OS/c14-6-8-1-3-10-11(5-8)17(13(19)16-10)7-9-2-4-12(18)15-9/h1,3,5,9H,2,4,7H2,(H,15,18)(H,16,19). The molecule has 1 aromatic heterocycles. The molecule has 2 N–H and O–H groups in total. The van der Waals surface area contributed by atoms with Crippen LogP contribution < -0.4 is 5.32 Å². The van der Waals surface area contributed by atoms with Gasteiger partial charge in [-0.2, -0.15) is 5.26 Å². The maximum atomic E-state index is 11.2. The van der Waals surface area contributed by atoms with Gasteiger partial charge in [0.25, 0.3) is 0 Å². The summed E-state index contributed by atoms with van der Waals surface area (Å²) in [4.78, 5) is 14.4. The second-order valence-electron chi connectivity index (χ2n) is 4.69. The van der Waals surface area contributed by atoms with Gasteiger partial charge >= 0.3 is 0 Å². The average Bonchev–Trinajstić information content (AvgIpc) is 2.94. The van der Waals surface area contributed by atoms with Crippen molar-refractivity contribution in [3.05, 3.63) is 28.5 Å². The van der Waals surface area contributed by atoms with Gasteiger partial charge in [0.05, 0.1) is 22.7 Å². The molecule has 2 aromatic rings. The Hall–Kier alpha value is -2.13. The highest BCUT2D eigenvalue weighted by Gasteiger charge is 2.21. The molecule has 0 radical (unpaired) electrons. The summed E-state index contributed by atoms with van der Waals surface area (Å²) in [5.41, 5.74) is 2.42. The number of carbonyl (C=O) groups excluding carboxylic acids is 1. The second-order valence-corrected chi connectivity index (χ2v) is 5.07. The van der Waals surface area contributed by atoms with Crippen LogP contribution in [-0.4, -0.2) is 21.5 Å². The van der Waals surface area contributed by atoms with Gasteiger partial charge in [0.2, 0.25) is 5.91 Å². The van der Waals surface area contributed by atoms with Crippen LogP contribution in [0.5, 0.6) is 0 Å². The highest BCUT2D eigenvalue weighted by molar-refractivity contribution is 7.71. The van der Waals surface area contributed by atoms with Gasteiger partial charge in [0.1, 0.15) is 0 Å². The minimum Gasteiger partial charge on any atom is -0.352 e. The fourth-order valence-corrected chi connectivity index (χ4v) is 2.72. The zero-order valence-electron chi connectivity index (χ0n) is 10.1. The lowest BCUT2D eigenvalue weighted by atomic mass is 10.2. The molecule has 96 valence electrons. The first-order valence-corrected chi connectivity index (χ1v) is 6.50. The van der Waals surface area contributed by atoms with Crippen molar-refractivity contribution in [2.45, 2.75) is 25.4 Å². The Kier molecular flexibility index (Phi) is 2.84. The molecule has 1 saturated heterocycles. The number of nitrogens with one attached hydrogen (secondary N) is 2. The van der Waals surface area contributed by atoms with E-state index in [0.29, 0.717) is 23.3 Å². The van der Waals surface area contributed by atoms with Gasteiger partial charge < -0.3 is 14.9 Å². The Balaban J connectivity index is 2.02. The normalized spacial score (nSPS) is 18.5. The van der Waals surface area contributed by atoms with Crippen LogP contribution in [0.15, 0.2) is 18.2 Å². The van der Waals surface area contributed by atoms with Gasteiger partial charge in [-0.3, -0.25) is 4.79 Å². The minimum absolute atomic E-state index is 0.0917. The molecule has 1 aliphatic heterocycles. The molecule has 1 fully saturated rings. The molecule has 2 heterocycles. The number of nitriles is 1. The molecule has 3 rings (SSSR count). The Bertz CT molecular complexity index is 752. The summed E-state index contributed by atoms with van der Waals surface area (Å²) in [6.45, 7) is 0.638. The largest absolute Gasteiger partial charge is 0.352 e. The van der Waals surface area contributed by atoms with E-state index in [2.05, 4.69) is 16.4 Å². The molecule has 1 atom stereocenters. The molecule has 19 heavy (non-hydrogen) atoms. The van der Waals surface area contributed by atoms with Crippen molar-refractivity contribution in [3.63, 3.8) is 0 Å². The van der Waals surface area contributed by atoms with Gasteiger partial charge in [-0.25, -0.2) is 0 Å². The summed E-state index contributed by atoms with van der Waals surface area (Å²) in [7, 11) is 0. The number of hydrogen-bond acceptors (Lipinski definition) is 3. The molecule has 0 aliphatic carbocycles. The average molecular weight is 272 g/mol. The molecule has 5 nitrogen and oxygen atoms in total. The molecule has 0 saturated carbocycles. The van der Waals surface area contributed by atoms with E-state index in [1.165, 1.54) is 0 Å². The topological polar surface area (TPSA) is 73.6 Å². The van der Waals surface area contributed by atoms with Crippen LogP contribution in [0.25, 0.3) is 11.0 Å². The lowest BCUT2D eigenvalue weighted by Crippen LogP contribution is -2.29. The van der Waals surface area contributed by atoms with E-state index in [1.807, 2.05) is 16.7 Å². The molecular formula is C13H12N4OS. The van der Waals surface area contributed by atoms with Crippen molar-refractivity contribution in [1.29, 1.82) is 5.26 Å². The number of imidazole rings is 1. The van der Waals surface area contributed by atoms with E-state index in [0.717, 1.165) is 17.5 Å². The summed E-state index contributed by atoms with van der Waals surface area (Å²) >= 11 is 5.31. The SMILES string of the molecule is N#Cc1ccc2[nH]c(=S)n(CC3CCC(=O)N3)c2c1. The third-order valence-electron chi connectivity index (χ3n) is 3.39. The Morgan fingerprint density at radius 2 is 2.37 bits per heavy atom. The van der Waals surface area contributed by atoms with Crippen molar-refractivity contribution in [3.8, 4) is 6.07 Å². The summed E-state index contributed by atoms with van der Waals surface area (Å²) in [6.07, 6.45) is 1.40. The summed E-state index contributed by atoms with van der Waals surface area (Å²) in [6, 6.07) is 7.67. The summed E-state index contributed by atoms with van der Waals surface area (Å²) in [5, 5.41) is 11.9. The third-order valence-corrected chi connectivity index (χ3v) is 3.71. The molecule has 0 spiro atoms. The van der Waals surface area contributed by atoms with E-state index >= 15 is 0 Å².